The van der Waals surface area contributed by atoms with E-state index in [1.54, 1.807) is 6.07 Å². The van der Waals surface area contributed by atoms with Crippen LogP contribution in [0.1, 0.15) is 17.6 Å². The Hall–Kier alpha value is -0.230. The summed E-state index contributed by atoms with van der Waals surface area (Å²) in [6.07, 6.45) is -2.01. The molecule has 1 N–H and O–H groups in total. The maximum atomic E-state index is 12.3. The quantitative estimate of drug-likeness (QED) is 0.851. The van der Waals surface area contributed by atoms with Gasteiger partial charge in [-0.3, -0.25) is 0 Å². The van der Waals surface area contributed by atoms with Gasteiger partial charge >= 0.3 is 0 Å². The number of aliphatic hydroxyl groups excluding tert-OH is 1. The summed E-state index contributed by atoms with van der Waals surface area (Å²) >= 11 is 2.07. The molecule has 1 nitrogen and oxygen atoms in total. The van der Waals surface area contributed by atoms with Gasteiger partial charge in [-0.15, -0.1) is 0 Å². The van der Waals surface area contributed by atoms with Gasteiger partial charge in [0, 0.05) is 15.7 Å². The van der Waals surface area contributed by atoms with Crippen LogP contribution < -0.4 is 0 Å². The third kappa shape index (κ3) is 2.87. The first-order valence-corrected chi connectivity index (χ1v) is 4.90. The first-order valence-electron chi connectivity index (χ1n) is 3.82. The zero-order chi connectivity index (χ0) is 9.84. The van der Waals surface area contributed by atoms with E-state index >= 15 is 0 Å². The van der Waals surface area contributed by atoms with E-state index in [4.69, 9.17) is 5.11 Å². The van der Waals surface area contributed by atoms with Gasteiger partial charge in [0.05, 0.1) is 0 Å². The van der Waals surface area contributed by atoms with Crippen molar-refractivity contribution in [3.63, 3.8) is 0 Å². The van der Waals surface area contributed by atoms with Gasteiger partial charge in [-0.05, 0) is 46.7 Å². The lowest BCUT2D eigenvalue weighted by Gasteiger charge is -2.05. The van der Waals surface area contributed by atoms with Crippen LogP contribution in [0.25, 0.3) is 0 Å². The predicted octanol–water partition coefficient (Wildman–Crippen LogP) is 2.76. The number of aliphatic hydroxyl groups is 1. The number of benzene rings is 1. The van der Waals surface area contributed by atoms with E-state index in [9.17, 15) is 8.78 Å². The molecule has 1 rings (SSSR count). The molecule has 0 saturated carbocycles. The van der Waals surface area contributed by atoms with E-state index in [2.05, 4.69) is 22.6 Å². The maximum Gasteiger partial charge on any atom is 0.263 e. The number of rotatable bonds is 3. The summed E-state index contributed by atoms with van der Waals surface area (Å²) in [6.45, 7) is -0.0112. The van der Waals surface area contributed by atoms with Gasteiger partial charge in [0.1, 0.15) is 0 Å². The SMILES string of the molecule is OCCc1cc(C(F)F)ccc1I. The van der Waals surface area contributed by atoms with Crippen molar-refractivity contribution in [2.75, 3.05) is 6.61 Å². The Morgan fingerprint density at radius 1 is 1.38 bits per heavy atom. The molecule has 0 aliphatic rings. The maximum absolute atomic E-state index is 12.3. The summed E-state index contributed by atoms with van der Waals surface area (Å²) in [6, 6.07) is 4.50. The van der Waals surface area contributed by atoms with Gasteiger partial charge in [-0.25, -0.2) is 8.78 Å². The smallest absolute Gasteiger partial charge is 0.263 e. The van der Waals surface area contributed by atoms with Crippen molar-refractivity contribution in [2.24, 2.45) is 0 Å². The minimum Gasteiger partial charge on any atom is -0.396 e. The van der Waals surface area contributed by atoms with E-state index in [0.717, 1.165) is 9.13 Å². The van der Waals surface area contributed by atoms with Gasteiger partial charge in [-0.2, -0.15) is 0 Å². The van der Waals surface area contributed by atoms with Crippen molar-refractivity contribution < 1.29 is 13.9 Å². The normalized spacial score (nSPS) is 10.8. The van der Waals surface area contributed by atoms with Crippen molar-refractivity contribution in [1.29, 1.82) is 0 Å². The lowest BCUT2D eigenvalue weighted by molar-refractivity contribution is 0.151. The number of halogens is 3. The van der Waals surface area contributed by atoms with Gasteiger partial charge in [-0.1, -0.05) is 6.07 Å². The third-order valence-electron chi connectivity index (χ3n) is 1.70. The minimum absolute atomic E-state index is 0.0112. The van der Waals surface area contributed by atoms with Gasteiger partial charge in [0.2, 0.25) is 0 Å². The molecule has 0 heterocycles. The molecule has 0 saturated heterocycles. The Balaban J connectivity index is 2.97. The second kappa shape index (κ2) is 4.85. The molecule has 0 unspecified atom stereocenters. The van der Waals surface area contributed by atoms with Crippen LogP contribution >= 0.6 is 22.6 Å². The molecule has 0 aliphatic heterocycles. The Bertz CT molecular complexity index is 289. The highest BCUT2D eigenvalue weighted by Crippen LogP contribution is 2.22. The Kier molecular flexibility index (Phi) is 4.05. The molecule has 0 amide bonds. The standard InChI is InChI=1S/C9H9F2IO/c10-9(11)7-1-2-8(12)6(5-7)3-4-13/h1-2,5,9,13H,3-4H2. The number of alkyl halides is 2. The highest BCUT2D eigenvalue weighted by atomic mass is 127. The fourth-order valence-corrected chi connectivity index (χ4v) is 1.65. The topological polar surface area (TPSA) is 20.2 Å². The lowest BCUT2D eigenvalue weighted by atomic mass is 10.1. The van der Waals surface area contributed by atoms with Crippen molar-refractivity contribution >= 4 is 22.6 Å². The first-order chi connectivity index (χ1) is 6.15. The average Bonchev–Trinajstić information content (AvgIpc) is 2.08. The molecule has 0 fully saturated rings. The molecule has 0 aromatic heterocycles. The highest BCUT2D eigenvalue weighted by Gasteiger charge is 2.08. The zero-order valence-corrected chi connectivity index (χ0v) is 8.96. The monoisotopic (exact) mass is 298 g/mol. The third-order valence-corrected chi connectivity index (χ3v) is 2.76. The van der Waals surface area contributed by atoms with Gasteiger partial charge in [0.25, 0.3) is 6.43 Å². The summed E-state index contributed by atoms with van der Waals surface area (Å²) < 4.78 is 25.4. The van der Waals surface area contributed by atoms with Crippen LogP contribution in [0.4, 0.5) is 8.78 Å². The van der Waals surface area contributed by atoms with E-state index in [1.807, 2.05) is 0 Å². The van der Waals surface area contributed by atoms with Crippen molar-refractivity contribution in [3.8, 4) is 0 Å². The van der Waals surface area contributed by atoms with Crippen LogP contribution in [-0.4, -0.2) is 11.7 Å². The second-order valence-electron chi connectivity index (χ2n) is 2.63. The van der Waals surface area contributed by atoms with Crippen LogP contribution in [0.2, 0.25) is 0 Å². The fraction of sp³-hybridized carbons (Fsp3) is 0.333. The molecule has 0 atom stereocenters. The molecule has 4 heteroatoms. The molecule has 0 aliphatic carbocycles. The molecule has 0 spiro atoms. The lowest BCUT2D eigenvalue weighted by Crippen LogP contribution is -1.96. The molecule has 0 bridgehead atoms. The zero-order valence-electron chi connectivity index (χ0n) is 6.80. The fourth-order valence-electron chi connectivity index (χ4n) is 1.04. The summed E-state index contributed by atoms with van der Waals surface area (Å²) in [5.74, 6) is 0. The molecular formula is C9H9F2IO. The van der Waals surface area contributed by atoms with E-state index in [0.29, 0.717) is 6.42 Å². The summed E-state index contributed by atoms with van der Waals surface area (Å²) in [5, 5.41) is 8.68. The second-order valence-corrected chi connectivity index (χ2v) is 3.79. The average molecular weight is 298 g/mol. The van der Waals surface area contributed by atoms with Crippen molar-refractivity contribution in [2.45, 2.75) is 12.8 Å². The summed E-state index contributed by atoms with van der Waals surface area (Å²) in [7, 11) is 0. The van der Waals surface area contributed by atoms with Crippen molar-refractivity contribution in [3.05, 3.63) is 32.9 Å². The largest absolute Gasteiger partial charge is 0.396 e. The molecule has 1 aromatic carbocycles. The Morgan fingerprint density at radius 2 is 2.08 bits per heavy atom. The van der Waals surface area contributed by atoms with E-state index < -0.39 is 6.43 Å². The first kappa shape index (κ1) is 10.8. The van der Waals surface area contributed by atoms with Crippen LogP contribution in [0.15, 0.2) is 18.2 Å². The Labute approximate surface area is 88.9 Å². The van der Waals surface area contributed by atoms with Crippen molar-refractivity contribution in [1.82, 2.24) is 0 Å². The van der Waals surface area contributed by atoms with Crippen LogP contribution in [0.5, 0.6) is 0 Å². The molecule has 0 radical (unpaired) electrons. The van der Waals surface area contributed by atoms with Crippen LogP contribution in [0.3, 0.4) is 0 Å². The van der Waals surface area contributed by atoms with Crippen LogP contribution in [-0.2, 0) is 6.42 Å². The minimum atomic E-state index is -2.44. The summed E-state index contributed by atoms with van der Waals surface area (Å²) in [4.78, 5) is 0. The molecule has 72 valence electrons. The molecule has 1 aromatic rings. The number of hydrogen-bond donors (Lipinski definition) is 1. The predicted molar refractivity (Wildman–Crippen MR) is 54.9 cm³/mol. The van der Waals surface area contributed by atoms with Gasteiger partial charge in [0.15, 0.2) is 0 Å². The highest BCUT2D eigenvalue weighted by molar-refractivity contribution is 14.1. The van der Waals surface area contributed by atoms with E-state index in [1.165, 1.54) is 12.1 Å². The molecular weight excluding hydrogens is 289 g/mol. The number of hydrogen-bond acceptors (Lipinski definition) is 1. The Morgan fingerprint density at radius 3 is 2.62 bits per heavy atom. The summed E-state index contributed by atoms with van der Waals surface area (Å²) in [5.41, 5.74) is 0.796. The van der Waals surface area contributed by atoms with Crippen LogP contribution in [0, 0.1) is 3.57 Å². The molecule has 13 heavy (non-hydrogen) atoms. The van der Waals surface area contributed by atoms with Gasteiger partial charge < -0.3 is 5.11 Å². The van der Waals surface area contributed by atoms with E-state index in [-0.39, 0.29) is 12.2 Å².